The molecule has 0 saturated carbocycles. The lowest BCUT2D eigenvalue weighted by molar-refractivity contribution is -0.141. The van der Waals surface area contributed by atoms with E-state index >= 15 is 0 Å². The van der Waals surface area contributed by atoms with Gasteiger partial charge in [0.05, 0.1) is 25.7 Å². The highest BCUT2D eigenvalue weighted by Gasteiger charge is 2.30. The lowest BCUT2D eigenvalue weighted by Crippen LogP contribution is -2.57. The first kappa shape index (κ1) is 64.2. The number of aliphatic carboxylic acids is 1. The molecule has 2 rings (SSSR count). The summed E-state index contributed by atoms with van der Waals surface area (Å²) in [4.78, 5) is 163. The number of hydrogen-bond acceptors (Lipinski definition) is 16. The summed E-state index contributed by atoms with van der Waals surface area (Å²) in [5.74, 6) is -10.9. The molecule has 0 saturated heterocycles. The summed E-state index contributed by atoms with van der Waals surface area (Å²) in [5, 5.41) is 56.3. The van der Waals surface area contributed by atoms with Crippen LogP contribution in [0.15, 0.2) is 48.5 Å². The summed E-state index contributed by atoms with van der Waals surface area (Å²) in [6.07, 6.45) is 0.0230. The zero-order valence-electron chi connectivity index (χ0n) is 43.7. The monoisotopic (exact) mass is 1080 g/mol. The van der Waals surface area contributed by atoms with Gasteiger partial charge in [-0.3, -0.25) is 62.3 Å². The largest absolute Gasteiger partial charge is 0.508 e. The summed E-state index contributed by atoms with van der Waals surface area (Å²) in [6, 6.07) is -0.278. The van der Waals surface area contributed by atoms with E-state index in [0.717, 1.165) is 0 Å². The van der Waals surface area contributed by atoms with Crippen LogP contribution in [0.1, 0.15) is 66.5 Å². The molecule has 12 amide bonds. The van der Waals surface area contributed by atoms with E-state index in [1.165, 1.54) is 91.8 Å². The average Bonchev–Trinajstić information content (AvgIpc) is 3.36. The van der Waals surface area contributed by atoms with Crippen LogP contribution in [0.25, 0.3) is 0 Å². The molecule has 0 aliphatic carbocycles. The van der Waals surface area contributed by atoms with Crippen molar-refractivity contribution in [2.45, 2.75) is 129 Å². The van der Waals surface area contributed by atoms with Crippen molar-refractivity contribution in [1.82, 2.24) is 63.8 Å². The van der Waals surface area contributed by atoms with E-state index in [-0.39, 0.29) is 24.3 Å². The number of hydrogen-bond donors (Lipinski definition) is 16. The molecule has 0 bridgehead atoms. The quantitative estimate of drug-likeness (QED) is 0.0361. The Bertz CT molecular complexity index is 2480. The number of carboxylic acids is 1. The Balaban J connectivity index is 1.71. The van der Waals surface area contributed by atoms with Gasteiger partial charge in [0, 0.05) is 6.42 Å². The first-order chi connectivity index (χ1) is 36.0. The van der Waals surface area contributed by atoms with Crippen molar-refractivity contribution in [2.24, 2.45) is 5.73 Å². The highest BCUT2D eigenvalue weighted by Crippen LogP contribution is 2.13. The third-order valence-corrected chi connectivity index (χ3v) is 11.1. The number of phenolic OH excluding ortho intramolecular Hbond substituents is 2. The van der Waals surface area contributed by atoms with Crippen LogP contribution in [-0.4, -0.2) is 172 Å². The Morgan fingerprint density at radius 2 is 0.662 bits per heavy atom. The number of nitrogens with two attached hydrogens (primary N) is 1. The number of aromatic hydroxyl groups is 2. The molecule has 2 aromatic carbocycles. The Morgan fingerprint density at radius 3 is 1.05 bits per heavy atom. The standard InChI is InChI=1S/C48H69N13O16/c1-22(55-43(71)26(5)57-41(69)25(4)54-38(66)21-52-40(68)23(2)56-44(72)27(6)59-46(74)34(49)17-30-9-13-32(62)14-10-30)39(67)51-19-36(64)50-20-37(65)53-24(3)42(70)58-28(7)45(73)61-35(47(75)60-29(8)48(76)77)18-31-11-15-33(63)16-12-31/h9-16,22-29,34-35,62-63H,17-21,49H2,1-8H3,(H,50,64)(H,51,67)(H,52,68)(H,53,65)(H,54,66)(H,55,71)(H,56,72)(H,57,69)(H,58,70)(H,59,74)(H,60,75)(H,61,73)(H,76,77)/t22-,23-,24-,25-,26-,27-,28-,29-,34-,35-/m0/s1. The molecule has 17 N–H and O–H groups in total. The molecule has 2 aromatic rings. The molecule has 77 heavy (non-hydrogen) atoms. The molecule has 422 valence electrons. The predicted molar refractivity (Wildman–Crippen MR) is 271 cm³/mol. The minimum Gasteiger partial charge on any atom is -0.508 e. The fourth-order valence-corrected chi connectivity index (χ4v) is 6.33. The van der Waals surface area contributed by atoms with Crippen LogP contribution in [0.2, 0.25) is 0 Å². The number of rotatable bonds is 29. The summed E-state index contributed by atoms with van der Waals surface area (Å²) in [7, 11) is 0. The summed E-state index contributed by atoms with van der Waals surface area (Å²) >= 11 is 0. The zero-order chi connectivity index (χ0) is 58.3. The second-order valence-electron chi connectivity index (χ2n) is 17.9. The van der Waals surface area contributed by atoms with Crippen molar-refractivity contribution in [3.05, 3.63) is 59.7 Å². The van der Waals surface area contributed by atoms with E-state index in [4.69, 9.17) is 5.73 Å². The van der Waals surface area contributed by atoms with Gasteiger partial charge in [0.2, 0.25) is 70.9 Å². The second kappa shape index (κ2) is 31.1. The first-order valence-electron chi connectivity index (χ1n) is 24.0. The molecule has 0 aromatic heterocycles. The maximum atomic E-state index is 13.0. The SMILES string of the molecule is C[C@H](NC(=O)[C@H](Cc1ccc(O)cc1)NC(=O)[C@H](C)NC(=O)[C@H](C)NC(=O)CNC(=O)CNC(=O)[C@H](C)NC(=O)[C@H](C)NC(=O)[C@H](C)NC(=O)CNC(=O)[C@H](C)NC(=O)[C@H](C)NC(=O)[C@@H](N)Cc1ccc(O)cc1)C(=O)O. The fraction of sp³-hybridized carbons (Fsp3) is 0.479. The Kier molecular flexibility index (Phi) is 25.9. The Morgan fingerprint density at radius 1 is 0.364 bits per heavy atom. The molecule has 0 radical (unpaired) electrons. The highest BCUT2D eigenvalue weighted by molar-refractivity contribution is 5.98. The van der Waals surface area contributed by atoms with Gasteiger partial charge in [-0.15, -0.1) is 0 Å². The fourth-order valence-electron chi connectivity index (χ4n) is 6.33. The topological polar surface area (TPSA) is 453 Å². The van der Waals surface area contributed by atoms with E-state index in [9.17, 15) is 77.6 Å². The zero-order valence-corrected chi connectivity index (χ0v) is 43.7. The van der Waals surface area contributed by atoms with E-state index < -0.39 is 157 Å². The van der Waals surface area contributed by atoms with Crippen molar-refractivity contribution in [2.75, 3.05) is 19.6 Å². The summed E-state index contributed by atoms with van der Waals surface area (Å²) in [5.41, 5.74) is 7.13. The van der Waals surface area contributed by atoms with Gasteiger partial charge < -0.3 is 84.9 Å². The van der Waals surface area contributed by atoms with Crippen LogP contribution >= 0.6 is 0 Å². The number of benzene rings is 2. The molecule has 0 spiro atoms. The predicted octanol–water partition coefficient (Wildman–Crippen LogP) is -5.83. The molecule has 29 nitrogen and oxygen atoms in total. The van der Waals surface area contributed by atoms with Gasteiger partial charge in [-0.2, -0.15) is 0 Å². The summed E-state index contributed by atoms with van der Waals surface area (Å²) in [6.45, 7) is 8.46. The second-order valence-corrected chi connectivity index (χ2v) is 17.9. The van der Waals surface area contributed by atoms with Crippen LogP contribution in [-0.2, 0) is 75.2 Å². The number of carboxylic acid groups (broad SMARTS) is 1. The molecule has 10 atom stereocenters. The molecule has 0 aliphatic heterocycles. The van der Waals surface area contributed by atoms with Crippen molar-refractivity contribution >= 4 is 76.9 Å². The number of amides is 12. The molecular weight excluding hydrogens is 1010 g/mol. The van der Waals surface area contributed by atoms with Crippen molar-refractivity contribution < 1.29 is 77.6 Å². The third-order valence-electron chi connectivity index (χ3n) is 11.1. The van der Waals surface area contributed by atoms with Gasteiger partial charge in [0.1, 0.15) is 65.9 Å². The maximum Gasteiger partial charge on any atom is 0.325 e. The van der Waals surface area contributed by atoms with Crippen LogP contribution in [0.4, 0.5) is 0 Å². The van der Waals surface area contributed by atoms with Crippen LogP contribution in [0.3, 0.4) is 0 Å². The number of nitrogens with one attached hydrogen (secondary N) is 12. The van der Waals surface area contributed by atoms with Crippen molar-refractivity contribution in [1.29, 1.82) is 0 Å². The first-order valence-corrected chi connectivity index (χ1v) is 24.0. The van der Waals surface area contributed by atoms with Crippen LogP contribution in [0, 0.1) is 0 Å². The van der Waals surface area contributed by atoms with E-state index in [2.05, 4.69) is 63.8 Å². The van der Waals surface area contributed by atoms with Gasteiger partial charge in [0.15, 0.2) is 0 Å². The summed E-state index contributed by atoms with van der Waals surface area (Å²) < 4.78 is 0. The van der Waals surface area contributed by atoms with Gasteiger partial charge in [-0.25, -0.2) is 0 Å². The molecule has 0 aliphatic rings. The molecule has 0 unspecified atom stereocenters. The Hall–Kier alpha value is -8.89. The average molecular weight is 1080 g/mol. The van der Waals surface area contributed by atoms with Crippen LogP contribution < -0.4 is 69.5 Å². The molecular formula is C48H69N13O16. The van der Waals surface area contributed by atoms with Gasteiger partial charge in [-0.1, -0.05) is 24.3 Å². The minimum atomic E-state index is -1.32. The minimum absolute atomic E-state index is 0.0432. The van der Waals surface area contributed by atoms with Crippen LogP contribution in [0.5, 0.6) is 11.5 Å². The van der Waals surface area contributed by atoms with E-state index in [1.54, 1.807) is 12.1 Å². The van der Waals surface area contributed by atoms with Gasteiger partial charge in [-0.05, 0) is 97.2 Å². The van der Waals surface area contributed by atoms with Gasteiger partial charge in [0.25, 0.3) is 0 Å². The number of phenols is 2. The van der Waals surface area contributed by atoms with Gasteiger partial charge >= 0.3 is 5.97 Å². The lowest BCUT2D eigenvalue weighted by Gasteiger charge is -2.23. The third kappa shape index (κ3) is 23.5. The number of carbonyl (C=O) groups is 13. The van der Waals surface area contributed by atoms with E-state index in [0.29, 0.717) is 11.1 Å². The lowest BCUT2D eigenvalue weighted by atomic mass is 10.0. The normalized spacial score (nSPS) is 14.6. The highest BCUT2D eigenvalue weighted by atomic mass is 16.4. The molecule has 0 heterocycles. The van der Waals surface area contributed by atoms with E-state index in [1.807, 2.05) is 0 Å². The number of carbonyl (C=O) groups excluding carboxylic acids is 12. The van der Waals surface area contributed by atoms with Crippen molar-refractivity contribution in [3.63, 3.8) is 0 Å². The molecule has 0 fully saturated rings. The van der Waals surface area contributed by atoms with Crippen molar-refractivity contribution in [3.8, 4) is 11.5 Å². The maximum absolute atomic E-state index is 13.0. The molecule has 29 heteroatoms. The Labute approximate surface area is 442 Å². The smallest absolute Gasteiger partial charge is 0.325 e.